The van der Waals surface area contributed by atoms with Gasteiger partial charge in [0.1, 0.15) is 5.82 Å². The predicted octanol–water partition coefficient (Wildman–Crippen LogP) is 2.29. The van der Waals surface area contributed by atoms with E-state index >= 15 is 0 Å². The van der Waals surface area contributed by atoms with Gasteiger partial charge in [-0.05, 0) is 36.2 Å². The molecule has 8 heteroatoms. The highest BCUT2D eigenvalue weighted by Gasteiger charge is 2.35. The van der Waals surface area contributed by atoms with Gasteiger partial charge in [-0.1, -0.05) is 12.1 Å². The summed E-state index contributed by atoms with van der Waals surface area (Å²) in [4.78, 5) is 4.09. The van der Waals surface area contributed by atoms with E-state index in [2.05, 4.69) is 10.3 Å². The SMILES string of the molecule is Cc1ccc(F)cc1S(=O)(=O)N1CCNCC1c1cccnc1.Cl. The van der Waals surface area contributed by atoms with Crippen LogP contribution in [-0.2, 0) is 10.0 Å². The van der Waals surface area contributed by atoms with E-state index < -0.39 is 15.8 Å². The molecule has 1 atom stereocenters. The Kier molecular flexibility index (Phi) is 5.92. The Morgan fingerprint density at radius 1 is 1.33 bits per heavy atom. The number of aromatic nitrogens is 1. The summed E-state index contributed by atoms with van der Waals surface area (Å²) in [6.45, 7) is 3.06. The minimum atomic E-state index is -3.79. The molecule has 0 radical (unpaired) electrons. The van der Waals surface area contributed by atoms with Crippen molar-refractivity contribution < 1.29 is 12.8 Å². The zero-order valence-electron chi connectivity index (χ0n) is 13.1. The normalized spacial score (nSPS) is 18.8. The highest BCUT2D eigenvalue weighted by atomic mass is 35.5. The standard InChI is InChI=1S/C16H18FN3O2S.ClH/c1-12-4-5-14(17)9-16(12)23(21,22)20-8-7-19-11-15(20)13-3-2-6-18-10-13;/h2-6,9-10,15,19H,7-8,11H2,1H3;1H. The van der Waals surface area contributed by atoms with Crippen LogP contribution in [0.2, 0.25) is 0 Å². The Bertz CT molecular complexity index is 802. The quantitative estimate of drug-likeness (QED) is 0.899. The maximum atomic E-state index is 13.6. The van der Waals surface area contributed by atoms with Gasteiger partial charge in [0, 0.05) is 32.0 Å². The van der Waals surface area contributed by atoms with Gasteiger partial charge in [-0.3, -0.25) is 4.98 Å². The van der Waals surface area contributed by atoms with Gasteiger partial charge < -0.3 is 5.32 Å². The topological polar surface area (TPSA) is 62.3 Å². The third kappa shape index (κ3) is 3.59. The molecular weight excluding hydrogens is 353 g/mol. The lowest BCUT2D eigenvalue weighted by Crippen LogP contribution is -2.48. The molecule has 1 unspecified atom stereocenters. The number of rotatable bonds is 3. The Labute approximate surface area is 147 Å². The Morgan fingerprint density at radius 3 is 2.83 bits per heavy atom. The van der Waals surface area contributed by atoms with Crippen LogP contribution >= 0.6 is 12.4 Å². The number of aryl methyl sites for hydroxylation is 1. The first kappa shape index (κ1) is 18.8. The average Bonchev–Trinajstić information content (AvgIpc) is 2.58. The van der Waals surface area contributed by atoms with E-state index in [1.807, 2.05) is 6.07 Å². The molecule has 1 aromatic carbocycles. The van der Waals surface area contributed by atoms with Crippen LogP contribution in [0, 0.1) is 12.7 Å². The van der Waals surface area contributed by atoms with E-state index in [-0.39, 0.29) is 23.3 Å². The van der Waals surface area contributed by atoms with Crippen molar-refractivity contribution in [3.8, 4) is 0 Å². The molecule has 1 aromatic heterocycles. The molecule has 2 aromatic rings. The van der Waals surface area contributed by atoms with E-state index in [0.29, 0.717) is 25.2 Å². The van der Waals surface area contributed by atoms with E-state index in [1.165, 1.54) is 16.4 Å². The molecule has 0 amide bonds. The summed E-state index contributed by atoms with van der Waals surface area (Å²) in [6, 6.07) is 7.12. The number of piperazine rings is 1. The first-order chi connectivity index (χ1) is 11.0. The second-order valence-corrected chi connectivity index (χ2v) is 7.39. The van der Waals surface area contributed by atoms with Crippen LogP contribution in [0.25, 0.3) is 0 Å². The second-order valence-electron chi connectivity index (χ2n) is 5.53. The average molecular weight is 372 g/mol. The molecule has 5 nitrogen and oxygen atoms in total. The summed E-state index contributed by atoms with van der Waals surface area (Å²) < 4.78 is 41.1. The van der Waals surface area contributed by atoms with E-state index in [9.17, 15) is 12.8 Å². The summed E-state index contributed by atoms with van der Waals surface area (Å²) >= 11 is 0. The van der Waals surface area contributed by atoms with E-state index in [0.717, 1.165) is 11.6 Å². The molecule has 130 valence electrons. The number of benzene rings is 1. The minimum absolute atomic E-state index is 0. The Hall–Kier alpha value is -1.54. The van der Waals surface area contributed by atoms with E-state index in [4.69, 9.17) is 0 Å². The van der Waals surface area contributed by atoms with Crippen LogP contribution in [0.1, 0.15) is 17.2 Å². The van der Waals surface area contributed by atoms with Crippen molar-refractivity contribution >= 4 is 22.4 Å². The smallest absolute Gasteiger partial charge is 0.244 e. The fourth-order valence-electron chi connectivity index (χ4n) is 2.81. The number of hydrogen-bond donors (Lipinski definition) is 1. The number of nitrogens with one attached hydrogen (secondary N) is 1. The maximum absolute atomic E-state index is 13.6. The van der Waals surface area contributed by atoms with Crippen molar-refractivity contribution in [2.45, 2.75) is 17.9 Å². The van der Waals surface area contributed by atoms with Crippen LogP contribution in [0.5, 0.6) is 0 Å². The largest absolute Gasteiger partial charge is 0.313 e. The molecule has 0 aliphatic carbocycles. The van der Waals surface area contributed by atoms with Crippen LogP contribution < -0.4 is 5.32 Å². The molecule has 0 bridgehead atoms. The highest BCUT2D eigenvalue weighted by Crippen LogP contribution is 2.30. The summed E-state index contributed by atoms with van der Waals surface area (Å²) in [6.07, 6.45) is 3.31. The van der Waals surface area contributed by atoms with Gasteiger partial charge in [0.05, 0.1) is 10.9 Å². The summed E-state index contributed by atoms with van der Waals surface area (Å²) in [5, 5.41) is 3.20. The fourth-order valence-corrected chi connectivity index (χ4v) is 4.66. The minimum Gasteiger partial charge on any atom is -0.313 e. The van der Waals surface area contributed by atoms with Crippen LogP contribution in [0.3, 0.4) is 0 Å². The lowest BCUT2D eigenvalue weighted by molar-refractivity contribution is 0.271. The van der Waals surface area contributed by atoms with Crippen molar-refractivity contribution in [2.75, 3.05) is 19.6 Å². The van der Waals surface area contributed by atoms with Gasteiger partial charge in [0.15, 0.2) is 0 Å². The second kappa shape index (κ2) is 7.57. The van der Waals surface area contributed by atoms with Crippen molar-refractivity contribution in [1.82, 2.24) is 14.6 Å². The Morgan fingerprint density at radius 2 is 2.12 bits per heavy atom. The van der Waals surface area contributed by atoms with Gasteiger partial charge in [0.2, 0.25) is 10.0 Å². The molecule has 0 saturated carbocycles. The lowest BCUT2D eigenvalue weighted by Gasteiger charge is -2.35. The summed E-state index contributed by atoms with van der Waals surface area (Å²) in [5.74, 6) is -0.553. The highest BCUT2D eigenvalue weighted by molar-refractivity contribution is 7.89. The molecule has 24 heavy (non-hydrogen) atoms. The zero-order valence-corrected chi connectivity index (χ0v) is 14.8. The number of hydrogen-bond acceptors (Lipinski definition) is 4. The molecule has 2 heterocycles. The zero-order chi connectivity index (χ0) is 16.4. The lowest BCUT2D eigenvalue weighted by atomic mass is 10.1. The van der Waals surface area contributed by atoms with Crippen LogP contribution in [0.15, 0.2) is 47.6 Å². The summed E-state index contributed by atoms with van der Waals surface area (Å²) in [7, 11) is -3.79. The molecule has 3 rings (SSSR count). The Balaban J connectivity index is 0.00000208. The van der Waals surface area contributed by atoms with Gasteiger partial charge in [-0.2, -0.15) is 4.31 Å². The van der Waals surface area contributed by atoms with Gasteiger partial charge >= 0.3 is 0 Å². The fraction of sp³-hybridized carbons (Fsp3) is 0.312. The first-order valence-corrected chi connectivity index (χ1v) is 8.83. The van der Waals surface area contributed by atoms with Gasteiger partial charge in [-0.15, -0.1) is 12.4 Å². The van der Waals surface area contributed by atoms with Crippen LogP contribution in [-0.4, -0.2) is 37.3 Å². The monoisotopic (exact) mass is 371 g/mol. The number of nitrogens with zero attached hydrogens (tertiary/aromatic N) is 2. The molecule has 1 aliphatic rings. The number of pyridine rings is 1. The van der Waals surface area contributed by atoms with Crippen molar-refractivity contribution in [2.24, 2.45) is 0 Å². The van der Waals surface area contributed by atoms with Gasteiger partial charge in [0.25, 0.3) is 0 Å². The first-order valence-electron chi connectivity index (χ1n) is 7.39. The van der Waals surface area contributed by atoms with Gasteiger partial charge in [-0.25, -0.2) is 12.8 Å². The number of halogens is 2. The molecule has 1 N–H and O–H groups in total. The molecule has 1 saturated heterocycles. The third-order valence-corrected chi connectivity index (χ3v) is 6.05. The van der Waals surface area contributed by atoms with Crippen molar-refractivity contribution in [3.05, 3.63) is 59.7 Å². The van der Waals surface area contributed by atoms with Crippen molar-refractivity contribution in [3.63, 3.8) is 0 Å². The maximum Gasteiger partial charge on any atom is 0.244 e. The summed E-state index contributed by atoms with van der Waals surface area (Å²) in [5.41, 5.74) is 1.35. The number of sulfonamides is 1. The molecule has 1 fully saturated rings. The van der Waals surface area contributed by atoms with E-state index in [1.54, 1.807) is 25.4 Å². The molecule has 0 spiro atoms. The molecule has 1 aliphatic heterocycles. The van der Waals surface area contributed by atoms with Crippen molar-refractivity contribution in [1.29, 1.82) is 0 Å². The van der Waals surface area contributed by atoms with Crippen LogP contribution in [0.4, 0.5) is 4.39 Å². The molecular formula is C16H19ClFN3O2S. The predicted molar refractivity (Wildman–Crippen MR) is 92.1 cm³/mol. The third-order valence-electron chi connectivity index (χ3n) is 4.00.